The van der Waals surface area contributed by atoms with Crippen LogP contribution in [0, 0.1) is 31.1 Å². The minimum Gasteiger partial charge on any atom is -0.481 e. The lowest BCUT2D eigenvalue weighted by atomic mass is 10.1. The summed E-state index contributed by atoms with van der Waals surface area (Å²) in [4.78, 5) is 23.1. The van der Waals surface area contributed by atoms with Crippen LogP contribution in [0.1, 0.15) is 25.2 Å². The molecule has 1 amide bonds. The molecule has 2 atom stereocenters. The lowest BCUT2D eigenvalue weighted by Crippen LogP contribution is -2.18. The highest BCUT2D eigenvalue weighted by Gasteiger charge is 2.65. The predicted molar refractivity (Wildman–Crippen MR) is 65.1 cm³/mol. The third-order valence-electron chi connectivity index (χ3n) is 3.75. The highest BCUT2D eigenvalue weighted by molar-refractivity contribution is 6.00. The average molecular weight is 251 g/mol. The molecular formula is C12H17N3O3. The normalized spacial score (nSPS) is 24.7. The molecule has 2 unspecified atom stereocenters. The van der Waals surface area contributed by atoms with Crippen LogP contribution >= 0.6 is 0 Å². The quantitative estimate of drug-likeness (QED) is 0.755. The number of carboxylic acids is 1. The number of carbonyl (C=O) groups excluding carboxylic acids is 1. The Balaban J connectivity index is 2.14. The number of nitrogens with zero attached hydrogens (tertiary/aromatic N) is 1. The fraction of sp³-hybridized carbons (Fsp3) is 0.583. The molecule has 1 saturated carbocycles. The van der Waals surface area contributed by atoms with E-state index in [4.69, 9.17) is 5.11 Å². The van der Waals surface area contributed by atoms with Gasteiger partial charge in [-0.3, -0.25) is 14.7 Å². The number of nitrogens with one attached hydrogen (secondary N) is 2. The second-order valence-electron chi connectivity index (χ2n) is 5.41. The Morgan fingerprint density at radius 2 is 1.94 bits per heavy atom. The Kier molecular flexibility index (Phi) is 2.68. The molecule has 1 aromatic heterocycles. The van der Waals surface area contributed by atoms with Crippen LogP contribution in [0.4, 0.5) is 5.69 Å². The van der Waals surface area contributed by atoms with Crippen LogP contribution < -0.4 is 5.32 Å². The van der Waals surface area contributed by atoms with Gasteiger partial charge in [0.1, 0.15) is 0 Å². The standard InChI is InChI=1S/C12H17N3O3/c1-5-9(6(2)15-14-5)13-10(16)7-8(11(17)18)12(7,3)4/h7-8H,1-4H3,(H,13,16)(H,14,15)(H,17,18). The number of hydrogen-bond donors (Lipinski definition) is 3. The molecule has 6 nitrogen and oxygen atoms in total. The molecule has 0 saturated heterocycles. The van der Waals surface area contributed by atoms with Crippen LogP contribution in [0.25, 0.3) is 0 Å². The molecule has 1 aromatic rings. The largest absolute Gasteiger partial charge is 0.481 e. The molecule has 1 fully saturated rings. The first-order valence-electron chi connectivity index (χ1n) is 5.82. The maximum atomic E-state index is 12.1. The van der Waals surface area contributed by atoms with Gasteiger partial charge in [-0.2, -0.15) is 5.10 Å². The van der Waals surface area contributed by atoms with E-state index in [0.717, 1.165) is 5.69 Å². The molecule has 18 heavy (non-hydrogen) atoms. The van der Waals surface area contributed by atoms with Crippen molar-refractivity contribution < 1.29 is 14.7 Å². The number of hydrogen-bond acceptors (Lipinski definition) is 3. The van der Waals surface area contributed by atoms with E-state index in [-0.39, 0.29) is 5.91 Å². The van der Waals surface area contributed by atoms with Crippen LogP contribution in [0.2, 0.25) is 0 Å². The van der Waals surface area contributed by atoms with Gasteiger partial charge in [0.05, 0.1) is 28.9 Å². The van der Waals surface area contributed by atoms with Crippen molar-refractivity contribution in [1.29, 1.82) is 0 Å². The Hall–Kier alpha value is -1.85. The summed E-state index contributed by atoms with van der Waals surface area (Å²) in [5.74, 6) is -2.26. The van der Waals surface area contributed by atoms with Crippen molar-refractivity contribution in [2.24, 2.45) is 17.3 Å². The number of rotatable bonds is 3. The van der Waals surface area contributed by atoms with Gasteiger partial charge in [-0.1, -0.05) is 13.8 Å². The van der Waals surface area contributed by atoms with E-state index in [2.05, 4.69) is 15.5 Å². The number of aromatic nitrogens is 2. The zero-order valence-corrected chi connectivity index (χ0v) is 10.9. The maximum Gasteiger partial charge on any atom is 0.307 e. The molecule has 0 aromatic carbocycles. The SMILES string of the molecule is Cc1n[nH]c(C)c1NC(=O)C1C(C(=O)O)C1(C)C. The Labute approximate surface area is 105 Å². The van der Waals surface area contributed by atoms with E-state index < -0.39 is 23.2 Å². The summed E-state index contributed by atoms with van der Waals surface area (Å²) in [5, 5.41) is 18.6. The molecule has 1 heterocycles. The first-order chi connectivity index (χ1) is 8.26. The van der Waals surface area contributed by atoms with E-state index in [1.165, 1.54) is 0 Å². The second-order valence-corrected chi connectivity index (χ2v) is 5.41. The van der Waals surface area contributed by atoms with Crippen molar-refractivity contribution in [3.05, 3.63) is 11.4 Å². The first-order valence-corrected chi connectivity index (χ1v) is 5.82. The molecule has 6 heteroatoms. The summed E-state index contributed by atoms with van der Waals surface area (Å²) in [7, 11) is 0. The van der Waals surface area contributed by atoms with Crippen molar-refractivity contribution >= 4 is 17.6 Å². The van der Waals surface area contributed by atoms with Crippen LogP contribution in [0.3, 0.4) is 0 Å². The van der Waals surface area contributed by atoms with Crippen LogP contribution in [0.5, 0.6) is 0 Å². The summed E-state index contributed by atoms with van der Waals surface area (Å²) in [5.41, 5.74) is 1.63. The van der Waals surface area contributed by atoms with E-state index >= 15 is 0 Å². The van der Waals surface area contributed by atoms with E-state index in [1.54, 1.807) is 20.8 Å². The van der Waals surface area contributed by atoms with Gasteiger partial charge < -0.3 is 10.4 Å². The van der Waals surface area contributed by atoms with E-state index in [0.29, 0.717) is 11.4 Å². The molecule has 3 N–H and O–H groups in total. The molecular weight excluding hydrogens is 234 g/mol. The summed E-state index contributed by atoms with van der Waals surface area (Å²) in [6, 6.07) is 0. The number of carbonyl (C=O) groups is 2. The molecule has 2 rings (SSSR count). The number of aliphatic carboxylic acids is 1. The predicted octanol–water partition coefficient (Wildman–Crippen LogP) is 1.32. The van der Waals surface area contributed by atoms with Gasteiger partial charge in [-0.15, -0.1) is 0 Å². The summed E-state index contributed by atoms with van der Waals surface area (Å²) < 4.78 is 0. The van der Waals surface area contributed by atoms with Crippen molar-refractivity contribution in [2.45, 2.75) is 27.7 Å². The highest BCUT2D eigenvalue weighted by atomic mass is 16.4. The molecule has 0 radical (unpaired) electrons. The van der Waals surface area contributed by atoms with Crippen molar-refractivity contribution in [1.82, 2.24) is 10.2 Å². The van der Waals surface area contributed by atoms with Gasteiger partial charge in [-0.05, 0) is 19.3 Å². The van der Waals surface area contributed by atoms with Gasteiger partial charge in [0.25, 0.3) is 0 Å². The zero-order chi connectivity index (χ0) is 13.7. The number of anilines is 1. The third kappa shape index (κ3) is 1.77. The van der Waals surface area contributed by atoms with E-state index in [9.17, 15) is 9.59 Å². The molecule has 0 bridgehead atoms. The summed E-state index contributed by atoms with van der Waals surface area (Å²) in [6.07, 6.45) is 0. The third-order valence-corrected chi connectivity index (χ3v) is 3.75. The van der Waals surface area contributed by atoms with Gasteiger partial charge in [0.15, 0.2) is 0 Å². The molecule has 1 aliphatic carbocycles. The van der Waals surface area contributed by atoms with Gasteiger partial charge in [-0.25, -0.2) is 0 Å². The topological polar surface area (TPSA) is 95.1 Å². The Morgan fingerprint density at radius 3 is 2.33 bits per heavy atom. The molecule has 98 valence electrons. The average Bonchev–Trinajstić information content (AvgIpc) is 2.72. The van der Waals surface area contributed by atoms with Crippen molar-refractivity contribution in [3.63, 3.8) is 0 Å². The van der Waals surface area contributed by atoms with Gasteiger partial charge >= 0.3 is 5.97 Å². The maximum absolute atomic E-state index is 12.1. The smallest absolute Gasteiger partial charge is 0.307 e. The lowest BCUT2D eigenvalue weighted by molar-refractivity contribution is -0.140. The lowest BCUT2D eigenvalue weighted by Gasteiger charge is -2.05. The molecule has 1 aliphatic rings. The second kappa shape index (κ2) is 3.83. The van der Waals surface area contributed by atoms with Crippen LogP contribution in [-0.4, -0.2) is 27.2 Å². The number of aromatic amines is 1. The van der Waals surface area contributed by atoms with Crippen LogP contribution in [-0.2, 0) is 9.59 Å². The van der Waals surface area contributed by atoms with Crippen molar-refractivity contribution in [2.75, 3.05) is 5.32 Å². The number of carboxylic acid groups (broad SMARTS) is 1. The number of aryl methyl sites for hydroxylation is 2. The first kappa shape index (κ1) is 12.6. The zero-order valence-electron chi connectivity index (χ0n) is 10.9. The van der Waals surface area contributed by atoms with Crippen LogP contribution in [0.15, 0.2) is 0 Å². The molecule has 0 aliphatic heterocycles. The highest BCUT2D eigenvalue weighted by Crippen LogP contribution is 2.58. The molecule has 0 spiro atoms. The fourth-order valence-electron chi connectivity index (χ4n) is 2.52. The Bertz CT molecular complexity index is 499. The minimum atomic E-state index is -0.916. The van der Waals surface area contributed by atoms with E-state index in [1.807, 2.05) is 6.92 Å². The minimum absolute atomic E-state index is 0.250. The number of H-pyrrole nitrogens is 1. The van der Waals surface area contributed by atoms with Crippen molar-refractivity contribution in [3.8, 4) is 0 Å². The van der Waals surface area contributed by atoms with Gasteiger partial charge in [0.2, 0.25) is 5.91 Å². The monoisotopic (exact) mass is 251 g/mol. The Morgan fingerprint density at radius 1 is 1.33 bits per heavy atom. The number of amides is 1. The fourth-order valence-corrected chi connectivity index (χ4v) is 2.52. The summed E-state index contributed by atoms with van der Waals surface area (Å²) in [6.45, 7) is 7.18. The summed E-state index contributed by atoms with van der Waals surface area (Å²) >= 11 is 0. The van der Waals surface area contributed by atoms with Gasteiger partial charge in [0, 0.05) is 0 Å².